The molecule has 0 amide bonds. The molecule has 140 valence electrons. The van der Waals surface area contributed by atoms with Crippen molar-refractivity contribution in [2.24, 2.45) is 0 Å². The third-order valence-corrected chi connectivity index (χ3v) is 6.25. The van der Waals surface area contributed by atoms with Crippen LogP contribution in [0.15, 0.2) is 65.1 Å². The molecular weight excluding hydrogens is 422 g/mol. The number of aromatic nitrogens is 3. The molecule has 0 atom stereocenters. The minimum Gasteiger partial charge on any atom is -0.339 e. The Morgan fingerprint density at radius 1 is 0.690 bits per heavy atom. The van der Waals surface area contributed by atoms with Gasteiger partial charge in [-0.05, 0) is 55.8 Å². The third-order valence-electron chi connectivity index (χ3n) is 5.73. The Morgan fingerprint density at radius 2 is 1.21 bits per heavy atom. The van der Waals surface area contributed by atoms with Crippen molar-refractivity contribution in [2.45, 2.75) is 13.8 Å². The summed E-state index contributed by atoms with van der Waals surface area (Å²) in [4.78, 5) is 12.1. The van der Waals surface area contributed by atoms with Crippen molar-refractivity contribution in [1.29, 1.82) is 0 Å². The molecule has 3 nitrogen and oxygen atoms in total. The van der Waals surface area contributed by atoms with E-state index in [1.807, 2.05) is 0 Å². The van der Waals surface area contributed by atoms with E-state index >= 15 is 0 Å². The first kappa shape index (κ1) is 16.8. The van der Waals surface area contributed by atoms with Gasteiger partial charge in [0.05, 0.1) is 0 Å². The molecule has 2 N–H and O–H groups in total. The molecule has 0 saturated heterocycles. The fourth-order valence-electron chi connectivity index (χ4n) is 4.40. The lowest BCUT2D eigenvalue weighted by atomic mass is 9.96. The molecule has 3 aromatic heterocycles. The van der Waals surface area contributed by atoms with Crippen LogP contribution in [0, 0.1) is 13.8 Å². The topological polar surface area (TPSA) is 44.5 Å². The van der Waals surface area contributed by atoms with Crippen LogP contribution in [0.25, 0.3) is 55.0 Å². The number of aromatic amines is 2. The fourth-order valence-corrected chi connectivity index (χ4v) is 4.66. The van der Waals surface area contributed by atoms with Gasteiger partial charge < -0.3 is 9.97 Å². The maximum absolute atomic E-state index is 4.99. The molecule has 0 saturated carbocycles. The minimum atomic E-state index is 0.916. The first-order valence-corrected chi connectivity index (χ1v) is 10.5. The van der Waals surface area contributed by atoms with Crippen LogP contribution in [0.2, 0.25) is 0 Å². The Hall–Kier alpha value is -3.11. The Balaban J connectivity index is 1.91. The van der Waals surface area contributed by atoms with Gasteiger partial charge in [-0.25, -0.2) is 4.98 Å². The molecule has 0 bridgehead atoms. The number of rotatable bonds is 1. The Morgan fingerprint density at radius 3 is 1.72 bits per heavy atom. The van der Waals surface area contributed by atoms with Crippen LogP contribution in [0.1, 0.15) is 11.1 Å². The van der Waals surface area contributed by atoms with Crippen molar-refractivity contribution in [1.82, 2.24) is 15.0 Å². The third kappa shape index (κ3) is 2.45. The standard InChI is InChI=1S/C25H18BrN3/c1-13-3-9-19-17(11-13)22-21(15-5-7-16(26)8-6-15)23-18-12-14(2)4-10-20(18)28-25(23)29-24(22)27-19/h3-12H,1-2H3,(H2,27,28,29). The Labute approximate surface area is 175 Å². The van der Waals surface area contributed by atoms with Gasteiger partial charge in [0.1, 0.15) is 11.3 Å². The SMILES string of the molecule is Cc1ccc2[nH]c3nc4[nH]c5ccc(C)cc5c4c(-c4ccc(Br)cc4)c3c2c1. The first-order valence-electron chi connectivity index (χ1n) is 9.68. The van der Waals surface area contributed by atoms with Gasteiger partial charge in [-0.2, -0.15) is 0 Å². The van der Waals surface area contributed by atoms with Crippen molar-refractivity contribution in [3.63, 3.8) is 0 Å². The number of fused-ring (bicyclic) bond motifs is 6. The minimum absolute atomic E-state index is 0.916. The summed E-state index contributed by atoms with van der Waals surface area (Å²) in [7, 11) is 0. The zero-order valence-electron chi connectivity index (χ0n) is 16.1. The molecule has 3 aromatic carbocycles. The van der Waals surface area contributed by atoms with Crippen molar-refractivity contribution >= 4 is 59.8 Å². The number of hydrogen-bond donors (Lipinski definition) is 2. The molecule has 6 rings (SSSR count). The zero-order chi connectivity index (χ0) is 19.7. The highest BCUT2D eigenvalue weighted by Gasteiger charge is 2.19. The Bertz CT molecular complexity index is 1480. The average molecular weight is 440 g/mol. The summed E-state index contributed by atoms with van der Waals surface area (Å²) in [6.45, 7) is 4.27. The van der Waals surface area contributed by atoms with Gasteiger partial charge in [-0.3, -0.25) is 0 Å². The summed E-state index contributed by atoms with van der Waals surface area (Å²) >= 11 is 3.58. The molecule has 4 heteroatoms. The second kappa shape index (κ2) is 5.94. The van der Waals surface area contributed by atoms with Crippen molar-refractivity contribution < 1.29 is 0 Å². The van der Waals surface area contributed by atoms with Gasteiger partial charge in [0.25, 0.3) is 0 Å². The van der Waals surface area contributed by atoms with Crippen LogP contribution in [-0.2, 0) is 0 Å². The van der Waals surface area contributed by atoms with Crippen LogP contribution < -0.4 is 0 Å². The lowest BCUT2D eigenvalue weighted by Gasteiger charge is -2.08. The van der Waals surface area contributed by atoms with Crippen molar-refractivity contribution in [3.8, 4) is 11.1 Å². The van der Waals surface area contributed by atoms with E-state index in [1.54, 1.807) is 0 Å². The molecule has 3 heterocycles. The van der Waals surface area contributed by atoms with Crippen LogP contribution in [0.3, 0.4) is 0 Å². The largest absolute Gasteiger partial charge is 0.339 e. The monoisotopic (exact) mass is 439 g/mol. The molecule has 0 fully saturated rings. The van der Waals surface area contributed by atoms with Crippen molar-refractivity contribution in [3.05, 3.63) is 76.3 Å². The van der Waals surface area contributed by atoms with Crippen LogP contribution in [-0.4, -0.2) is 15.0 Å². The molecule has 0 spiro atoms. The zero-order valence-corrected chi connectivity index (χ0v) is 17.7. The van der Waals surface area contributed by atoms with Crippen molar-refractivity contribution in [2.75, 3.05) is 0 Å². The van der Waals surface area contributed by atoms with Gasteiger partial charge in [0, 0.05) is 42.6 Å². The van der Waals surface area contributed by atoms with Gasteiger partial charge >= 0.3 is 0 Å². The predicted molar refractivity (Wildman–Crippen MR) is 126 cm³/mol. The first-order chi connectivity index (χ1) is 14.1. The predicted octanol–water partition coefficient (Wildman–Crippen LogP) is 7.40. The quantitative estimate of drug-likeness (QED) is 0.275. The van der Waals surface area contributed by atoms with Gasteiger partial charge in [-0.15, -0.1) is 0 Å². The normalized spacial score (nSPS) is 12.0. The number of benzene rings is 3. The van der Waals surface area contributed by atoms with Crippen LogP contribution in [0.4, 0.5) is 0 Å². The number of H-pyrrole nitrogens is 2. The summed E-state index contributed by atoms with van der Waals surface area (Å²) in [6.07, 6.45) is 0. The summed E-state index contributed by atoms with van der Waals surface area (Å²) in [5.41, 5.74) is 8.97. The van der Waals surface area contributed by atoms with Gasteiger partial charge in [0.15, 0.2) is 0 Å². The van der Waals surface area contributed by atoms with E-state index in [-0.39, 0.29) is 0 Å². The summed E-state index contributed by atoms with van der Waals surface area (Å²) in [6, 6.07) is 21.7. The number of pyridine rings is 1. The number of halogens is 1. The highest BCUT2D eigenvalue weighted by molar-refractivity contribution is 9.10. The number of aryl methyl sites for hydroxylation is 2. The van der Waals surface area contributed by atoms with E-state index in [0.29, 0.717) is 0 Å². The number of nitrogens with zero attached hydrogens (tertiary/aromatic N) is 1. The van der Waals surface area contributed by atoms with E-state index in [0.717, 1.165) is 26.8 Å². The second-order valence-corrected chi connectivity index (χ2v) is 8.70. The maximum atomic E-state index is 4.99. The molecule has 0 aliphatic heterocycles. The van der Waals surface area contributed by atoms with Crippen LogP contribution >= 0.6 is 15.9 Å². The van der Waals surface area contributed by atoms with E-state index in [4.69, 9.17) is 4.98 Å². The second-order valence-electron chi connectivity index (χ2n) is 7.79. The highest BCUT2D eigenvalue weighted by atomic mass is 79.9. The lowest BCUT2D eigenvalue weighted by Crippen LogP contribution is -1.87. The molecule has 0 aliphatic carbocycles. The van der Waals surface area contributed by atoms with E-state index < -0.39 is 0 Å². The maximum Gasteiger partial charge on any atom is 0.141 e. The summed E-state index contributed by atoms with van der Waals surface area (Å²) in [5.74, 6) is 0. The average Bonchev–Trinajstić information content (AvgIpc) is 3.24. The Kier molecular flexibility index (Phi) is 3.44. The summed E-state index contributed by atoms with van der Waals surface area (Å²) < 4.78 is 1.08. The van der Waals surface area contributed by atoms with E-state index in [2.05, 4.69) is 100 Å². The highest BCUT2D eigenvalue weighted by Crippen LogP contribution is 2.42. The molecule has 29 heavy (non-hydrogen) atoms. The molecular formula is C25H18BrN3. The smallest absolute Gasteiger partial charge is 0.141 e. The van der Waals surface area contributed by atoms with E-state index in [9.17, 15) is 0 Å². The summed E-state index contributed by atoms with van der Waals surface area (Å²) in [5, 5.41) is 4.80. The number of hydrogen-bond acceptors (Lipinski definition) is 1. The molecule has 0 radical (unpaired) electrons. The van der Waals surface area contributed by atoms with Crippen LogP contribution in [0.5, 0.6) is 0 Å². The van der Waals surface area contributed by atoms with Gasteiger partial charge in [0.2, 0.25) is 0 Å². The molecule has 0 aliphatic rings. The lowest BCUT2D eigenvalue weighted by molar-refractivity contribution is 1.35. The molecule has 6 aromatic rings. The molecule has 0 unspecified atom stereocenters. The number of nitrogens with one attached hydrogen (secondary N) is 2. The van der Waals surface area contributed by atoms with Gasteiger partial charge in [-0.1, -0.05) is 51.3 Å². The fraction of sp³-hybridized carbons (Fsp3) is 0.0800. The van der Waals surface area contributed by atoms with E-state index in [1.165, 1.54) is 43.8 Å².